The maximum atomic E-state index is 0. The van der Waals surface area contributed by atoms with Gasteiger partial charge in [0.1, 0.15) is 0 Å². The molecule has 5 heteroatoms. The van der Waals surface area contributed by atoms with Crippen molar-refractivity contribution in [2.75, 3.05) is 0 Å². The molecule has 0 amide bonds. The van der Waals surface area contributed by atoms with Crippen molar-refractivity contribution in [1.29, 1.82) is 0 Å². The molecule has 0 rings (SSSR count). The average Bonchev–Trinajstić information content (AvgIpc) is 0. The van der Waals surface area contributed by atoms with Gasteiger partial charge in [-0.15, -0.1) is 0 Å². The van der Waals surface area contributed by atoms with Crippen LogP contribution in [0, 0.1) is 0 Å². The predicted molar refractivity (Wildman–Crippen MR) is 10.8 cm³/mol. The van der Waals surface area contributed by atoms with Crippen molar-refractivity contribution < 1.29 is 37.2 Å². The topological polar surface area (TPSA) is 35.0 Å². The second-order valence-corrected chi connectivity index (χ2v) is 0. The number of rotatable bonds is 0. The summed E-state index contributed by atoms with van der Waals surface area (Å²) in [4.78, 5) is 0. The van der Waals surface area contributed by atoms with E-state index in [2.05, 4.69) is 0 Å². The van der Waals surface area contributed by atoms with Gasteiger partial charge in [0.15, 0.2) is 0 Å². The predicted octanol–water partition coefficient (Wildman–Crippen LogP) is -9.21. The summed E-state index contributed by atoms with van der Waals surface area (Å²) in [7, 11) is 0. The summed E-state index contributed by atoms with van der Waals surface area (Å²) in [5, 5.41) is 0. The second-order valence-electron chi connectivity index (χ2n) is 0. The zero-order valence-electron chi connectivity index (χ0n) is 2.42. The summed E-state index contributed by atoms with van der Waals surface area (Å²) >= 11 is 0. The minimum absolute atomic E-state index is 0. The van der Waals surface area contributed by atoms with E-state index < -0.39 is 0 Å². The molecule has 3 N–H and O–H groups in total. The maximum absolute atomic E-state index is 0. The Morgan fingerprint density at radius 3 is 0.600 bits per heavy atom. The molecule has 0 fully saturated rings. The van der Waals surface area contributed by atoms with Gasteiger partial charge in [0.2, 0.25) is 0 Å². The Hall–Kier alpha value is 0.895. The minimum atomic E-state index is 0. The number of hydrogen-bond acceptors (Lipinski definition) is 1. The molecule has 32 valence electrons. The standard InChI is InChI=1S/B.3ClH.H3N/h;3*1H;1H3/q+3;;;;/p-3. The van der Waals surface area contributed by atoms with Crippen LogP contribution in [0.2, 0.25) is 0 Å². The summed E-state index contributed by atoms with van der Waals surface area (Å²) in [5.41, 5.74) is 0. The van der Waals surface area contributed by atoms with Gasteiger partial charge in [0.05, 0.1) is 0 Å². The van der Waals surface area contributed by atoms with Crippen LogP contribution in [-0.2, 0) is 0 Å². The first-order valence-corrected chi connectivity index (χ1v) is 0. The molecule has 0 aromatic carbocycles. The molecule has 0 saturated carbocycles. The Labute approximate surface area is 52.3 Å². The molecule has 0 aromatic heterocycles. The molecular formula is H3BCl3N. The van der Waals surface area contributed by atoms with E-state index in [4.69, 9.17) is 0 Å². The maximum Gasteiger partial charge on any atom is 3.00 e. The molecule has 1 nitrogen and oxygen atoms in total. The molecule has 0 aromatic rings. The molecule has 0 aliphatic rings. The van der Waals surface area contributed by atoms with E-state index in [1.165, 1.54) is 0 Å². The van der Waals surface area contributed by atoms with E-state index in [0.717, 1.165) is 0 Å². The van der Waals surface area contributed by atoms with E-state index in [1.807, 2.05) is 0 Å². The summed E-state index contributed by atoms with van der Waals surface area (Å²) in [5.74, 6) is 0. The van der Waals surface area contributed by atoms with E-state index in [1.54, 1.807) is 0 Å². The fourth-order valence-corrected chi connectivity index (χ4v) is 0. The molecule has 0 aliphatic heterocycles. The van der Waals surface area contributed by atoms with E-state index in [0.29, 0.717) is 0 Å². The van der Waals surface area contributed by atoms with Crippen molar-refractivity contribution in [3.8, 4) is 0 Å². The third kappa shape index (κ3) is 51.2. The fourth-order valence-electron chi connectivity index (χ4n) is 0. The van der Waals surface area contributed by atoms with Crippen LogP contribution in [0.1, 0.15) is 0 Å². The smallest absolute Gasteiger partial charge is 1.00 e. The summed E-state index contributed by atoms with van der Waals surface area (Å²) in [6, 6.07) is 0. The number of hydrogen-bond donors (Lipinski definition) is 1. The zero-order chi connectivity index (χ0) is 0. The first-order chi connectivity index (χ1) is 0. The zero-order valence-corrected chi connectivity index (χ0v) is 4.69. The first-order valence-electron chi connectivity index (χ1n) is 0. The van der Waals surface area contributed by atoms with Crippen LogP contribution in [0.4, 0.5) is 0 Å². The number of halogens is 3. The Morgan fingerprint density at radius 1 is 0.600 bits per heavy atom. The van der Waals surface area contributed by atoms with Crippen molar-refractivity contribution in [3.05, 3.63) is 0 Å². The Morgan fingerprint density at radius 2 is 0.600 bits per heavy atom. The van der Waals surface area contributed by atoms with Crippen molar-refractivity contribution in [1.82, 2.24) is 6.15 Å². The molecule has 0 bridgehead atoms. The van der Waals surface area contributed by atoms with Crippen molar-refractivity contribution >= 4 is 8.41 Å². The monoisotopic (exact) mass is 133 g/mol. The molecule has 0 atom stereocenters. The largest absolute Gasteiger partial charge is 3.00 e. The van der Waals surface area contributed by atoms with Crippen LogP contribution in [0.25, 0.3) is 0 Å². The van der Waals surface area contributed by atoms with Crippen LogP contribution in [-0.4, -0.2) is 8.41 Å². The normalized spacial score (nSPS) is 0. The Kier molecular flexibility index (Phi) is 3270. The van der Waals surface area contributed by atoms with Gasteiger partial charge in [-0.05, 0) is 0 Å². The molecule has 0 saturated heterocycles. The van der Waals surface area contributed by atoms with Gasteiger partial charge < -0.3 is 43.4 Å². The average molecular weight is 134 g/mol. The van der Waals surface area contributed by atoms with Gasteiger partial charge in [0.25, 0.3) is 0 Å². The third-order valence-electron chi connectivity index (χ3n) is 0. The van der Waals surface area contributed by atoms with Crippen molar-refractivity contribution in [2.24, 2.45) is 0 Å². The van der Waals surface area contributed by atoms with Crippen molar-refractivity contribution in [3.63, 3.8) is 0 Å². The molecule has 5 heavy (non-hydrogen) atoms. The fraction of sp³-hybridized carbons (Fsp3) is 0. The van der Waals surface area contributed by atoms with Crippen LogP contribution >= 0.6 is 0 Å². The van der Waals surface area contributed by atoms with Gasteiger partial charge in [-0.25, -0.2) is 0 Å². The van der Waals surface area contributed by atoms with E-state index >= 15 is 0 Å². The quantitative estimate of drug-likeness (QED) is 0.328. The van der Waals surface area contributed by atoms with Gasteiger partial charge in [-0.2, -0.15) is 0 Å². The van der Waals surface area contributed by atoms with Crippen LogP contribution in [0.15, 0.2) is 0 Å². The molecule has 0 radical (unpaired) electrons. The molecule has 0 heterocycles. The van der Waals surface area contributed by atoms with Crippen LogP contribution < -0.4 is 43.4 Å². The molecule has 0 unspecified atom stereocenters. The van der Waals surface area contributed by atoms with Gasteiger partial charge in [-0.1, -0.05) is 0 Å². The van der Waals surface area contributed by atoms with Gasteiger partial charge in [0, 0.05) is 0 Å². The Bertz CT molecular complexity index is 6.85. The summed E-state index contributed by atoms with van der Waals surface area (Å²) < 4.78 is 0. The molecule has 0 aliphatic carbocycles. The van der Waals surface area contributed by atoms with Gasteiger partial charge >= 0.3 is 8.41 Å². The van der Waals surface area contributed by atoms with E-state index in [-0.39, 0.29) is 51.8 Å². The van der Waals surface area contributed by atoms with E-state index in [9.17, 15) is 0 Å². The van der Waals surface area contributed by atoms with Crippen molar-refractivity contribution in [2.45, 2.75) is 0 Å². The van der Waals surface area contributed by atoms with Gasteiger partial charge in [-0.3, -0.25) is 0 Å². The third-order valence-corrected chi connectivity index (χ3v) is 0. The minimum Gasteiger partial charge on any atom is -1.00 e. The molecule has 0 spiro atoms. The molecular weight excluding hydrogens is 131 g/mol. The second kappa shape index (κ2) is 92.7. The first kappa shape index (κ1) is 176. The van der Waals surface area contributed by atoms with Crippen LogP contribution in [0.5, 0.6) is 0 Å². The summed E-state index contributed by atoms with van der Waals surface area (Å²) in [6.45, 7) is 0. The Balaban J connectivity index is 0. The summed E-state index contributed by atoms with van der Waals surface area (Å²) in [6.07, 6.45) is 0. The van der Waals surface area contributed by atoms with Crippen LogP contribution in [0.3, 0.4) is 0 Å². The SMILES string of the molecule is N.[B+3].[Cl-].[Cl-].[Cl-].